The van der Waals surface area contributed by atoms with E-state index < -0.39 is 12.6 Å². The van der Waals surface area contributed by atoms with Gasteiger partial charge in [0.1, 0.15) is 5.82 Å². The molecule has 0 spiro atoms. The number of alkyl halides is 3. The lowest BCUT2D eigenvalue weighted by atomic mass is 10.1. The molecule has 2 heterocycles. The van der Waals surface area contributed by atoms with Crippen LogP contribution in [0.2, 0.25) is 0 Å². The van der Waals surface area contributed by atoms with Gasteiger partial charge in [0.05, 0.1) is 18.7 Å². The standard InChI is InChI=1S/C15H20F3N3O/c1-21-7-4-11-12(5-8-21)19-13(10-2-3-10)20-14(11)22-9-6-15(16,17)18/h10H,2-9H2,1H3. The zero-order valence-electron chi connectivity index (χ0n) is 12.6. The predicted octanol–water partition coefficient (Wildman–Crippen LogP) is 2.72. The van der Waals surface area contributed by atoms with Crippen molar-refractivity contribution >= 4 is 0 Å². The summed E-state index contributed by atoms with van der Waals surface area (Å²) < 4.78 is 42.3. The first-order chi connectivity index (χ1) is 10.4. The average Bonchev–Trinajstić information content (AvgIpc) is 3.25. The molecule has 0 saturated heterocycles. The summed E-state index contributed by atoms with van der Waals surface area (Å²) in [5.41, 5.74) is 1.83. The van der Waals surface area contributed by atoms with Crippen LogP contribution in [0.5, 0.6) is 5.88 Å². The lowest BCUT2D eigenvalue weighted by Crippen LogP contribution is -2.20. The number of hydrogen-bond acceptors (Lipinski definition) is 4. The second-order valence-electron chi connectivity index (χ2n) is 6.10. The molecule has 0 atom stereocenters. The van der Waals surface area contributed by atoms with E-state index in [1.807, 2.05) is 7.05 Å². The third-order valence-electron chi connectivity index (χ3n) is 4.11. The van der Waals surface area contributed by atoms with Gasteiger partial charge in [-0.2, -0.15) is 18.2 Å². The topological polar surface area (TPSA) is 38.2 Å². The summed E-state index contributed by atoms with van der Waals surface area (Å²) in [7, 11) is 2.03. The van der Waals surface area contributed by atoms with E-state index >= 15 is 0 Å². The smallest absolute Gasteiger partial charge is 0.392 e. The summed E-state index contributed by atoms with van der Waals surface area (Å²) in [6.07, 6.45) is -1.53. The Morgan fingerprint density at radius 2 is 1.91 bits per heavy atom. The number of rotatable bonds is 4. The summed E-state index contributed by atoms with van der Waals surface area (Å²) in [4.78, 5) is 11.3. The molecule has 1 aliphatic heterocycles. The van der Waals surface area contributed by atoms with E-state index in [0.717, 1.165) is 55.9 Å². The van der Waals surface area contributed by atoms with Crippen molar-refractivity contribution in [3.8, 4) is 5.88 Å². The third kappa shape index (κ3) is 3.88. The molecule has 22 heavy (non-hydrogen) atoms. The maximum Gasteiger partial charge on any atom is 0.392 e. The molecule has 0 bridgehead atoms. The molecule has 122 valence electrons. The van der Waals surface area contributed by atoms with Crippen LogP contribution in [0.15, 0.2) is 0 Å². The van der Waals surface area contributed by atoms with Gasteiger partial charge in [-0.3, -0.25) is 0 Å². The summed E-state index contributed by atoms with van der Waals surface area (Å²) in [5, 5.41) is 0. The second kappa shape index (κ2) is 6.02. The van der Waals surface area contributed by atoms with Crippen molar-refractivity contribution in [3.63, 3.8) is 0 Å². The quantitative estimate of drug-likeness (QED) is 0.856. The molecule has 3 rings (SSSR count). The molecule has 1 aromatic rings. The highest BCUT2D eigenvalue weighted by Crippen LogP contribution is 2.39. The van der Waals surface area contributed by atoms with Crippen molar-refractivity contribution in [2.24, 2.45) is 0 Å². The van der Waals surface area contributed by atoms with Crippen LogP contribution in [0.3, 0.4) is 0 Å². The fourth-order valence-electron chi connectivity index (χ4n) is 2.60. The highest BCUT2D eigenvalue weighted by atomic mass is 19.4. The van der Waals surface area contributed by atoms with E-state index in [0.29, 0.717) is 11.8 Å². The fraction of sp³-hybridized carbons (Fsp3) is 0.733. The van der Waals surface area contributed by atoms with Crippen molar-refractivity contribution in [2.75, 3.05) is 26.7 Å². The lowest BCUT2D eigenvalue weighted by Gasteiger charge is -2.14. The third-order valence-corrected chi connectivity index (χ3v) is 4.11. The maximum absolute atomic E-state index is 12.3. The van der Waals surface area contributed by atoms with Crippen molar-refractivity contribution in [2.45, 2.75) is 44.2 Å². The lowest BCUT2D eigenvalue weighted by molar-refractivity contribution is -0.139. The first-order valence-corrected chi connectivity index (χ1v) is 7.70. The van der Waals surface area contributed by atoms with Crippen molar-refractivity contribution in [3.05, 3.63) is 17.1 Å². The molecule has 0 amide bonds. The van der Waals surface area contributed by atoms with E-state index in [1.165, 1.54) is 0 Å². The van der Waals surface area contributed by atoms with Crippen molar-refractivity contribution in [1.82, 2.24) is 14.9 Å². The molecule has 1 aromatic heterocycles. The van der Waals surface area contributed by atoms with Gasteiger partial charge in [-0.15, -0.1) is 0 Å². The Balaban J connectivity index is 1.81. The Morgan fingerprint density at radius 3 is 2.59 bits per heavy atom. The van der Waals surface area contributed by atoms with E-state index in [-0.39, 0.29) is 6.61 Å². The summed E-state index contributed by atoms with van der Waals surface area (Å²) in [6.45, 7) is 1.36. The van der Waals surface area contributed by atoms with Gasteiger partial charge in [-0.25, -0.2) is 4.98 Å². The molecule has 0 N–H and O–H groups in total. The minimum absolute atomic E-state index is 0.358. The number of likely N-dealkylation sites (N-methyl/N-ethyl adjacent to an activating group) is 1. The van der Waals surface area contributed by atoms with Crippen LogP contribution in [0, 0.1) is 0 Å². The largest absolute Gasteiger partial charge is 0.477 e. The molecule has 1 fully saturated rings. The van der Waals surface area contributed by atoms with Crippen LogP contribution in [-0.4, -0.2) is 47.8 Å². The SMILES string of the molecule is CN1CCc2nc(C3CC3)nc(OCCC(F)(F)F)c2CC1. The first-order valence-electron chi connectivity index (χ1n) is 7.70. The second-order valence-corrected chi connectivity index (χ2v) is 6.10. The number of hydrogen-bond donors (Lipinski definition) is 0. The van der Waals surface area contributed by atoms with Crippen LogP contribution in [0.25, 0.3) is 0 Å². The molecule has 1 saturated carbocycles. The van der Waals surface area contributed by atoms with E-state index in [9.17, 15) is 13.2 Å². The summed E-state index contributed by atoms with van der Waals surface area (Å²) in [6, 6.07) is 0. The Kier molecular flexibility index (Phi) is 4.25. The highest BCUT2D eigenvalue weighted by Gasteiger charge is 2.31. The van der Waals surface area contributed by atoms with Crippen LogP contribution >= 0.6 is 0 Å². The molecule has 4 nitrogen and oxygen atoms in total. The number of fused-ring (bicyclic) bond motifs is 1. The monoisotopic (exact) mass is 315 g/mol. The summed E-state index contributed by atoms with van der Waals surface area (Å²) in [5.74, 6) is 1.47. The normalized spacial score (nSPS) is 19.6. The van der Waals surface area contributed by atoms with Gasteiger partial charge in [-0.05, 0) is 26.3 Å². The molecular formula is C15H20F3N3O. The number of ether oxygens (including phenoxy) is 1. The first kappa shape index (κ1) is 15.5. The van der Waals surface area contributed by atoms with E-state index in [2.05, 4.69) is 14.9 Å². The molecule has 0 unspecified atom stereocenters. The molecule has 0 radical (unpaired) electrons. The molecule has 7 heteroatoms. The highest BCUT2D eigenvalue weighted by molar-refractivity contribution is 5.34. The fourth-order valence-corrected chi connectivity index (χ4v) is 2.60. The molecule has 2 aliphatic rings. The van der Waals surface area contributed by atoms with Gasteiger partial charge in [-0.1, -0.05) is 0 Å². The Bertz CT molecular complexity index is 544. The average molecular weight is 315 g/mol. The van der Waals surface area contributed by atoms with Crippen LogP contribution in [0.1, 0.15) is 42.3 Å². The number of nitrogens with zero attached hydrogens (tertiary/aromatic N) is 3. The Labute approximate surface area is 127 Å². The zero-order valence-corrected chi connectivity index (χ0v) is 12.6. The maximum atomic E-state index is 12.3. The van der Waals surface area contributed by atoms with E-state index in [4.69, 9.17) is 4.74 Å². The Morgan fingerprint density at radius 1 is 1.18 bits per heavy atom. The predicted molar refractivity (Wildman–Crippen MR) is 75.1 cm³/mol. The van der Waals surface area contributed by atoms with E-state index in [1.54, 1.807) is 0 Å². The van der Waals surface area contributed by atoms with Crippen LogP contribution < -0.4 is 4.74 Å². The summed E-state index contributed by atoms with van der Waals surface area (Å²) >= 11 is 0. The Hall–Kier alpha value is -1.37. The van der Waals surface area contributed by atoms with Gasteiger partial charge in [0.2, 0.25) is 5.88 Å². The molecule has 0 aromatic carbocycles. The minimum atomic E-state index is -4.20. The van der Waals surface area contributed by atoms with Crippen LogP contribution in [0.4, 0.5) is 13.2 Å². The van der Waals surface area contributed by atoms with Crippen LogP contribution in [-0.2, 0) is 12.8 Å². The molecular weight excluding hydrogens is 295 g/mol. The van der Waals surface area contributed by atoms with Gasteiger partial charge in [0.15, 0.2) is 0 Å². The van der Waals surface area contributed by atoms with Crippen molar-refractivity contribution < 1.29 is 17.9 Å². The van der Waals surface area contributed by atoms with Gasteiger partial charge in [0.25, 0.3) is 0 Å². The van der Waals surface area contributed by atoms with Crippen molar-refractivity contribution in [1.29, 1.82) is 0 Å². The zero-order chi connectivity index (χ0) is 15.7. The molecule has 1 aliphatic carbocycles. The minimum Gasteiger partial charge on any atom is -0.477 e. The number of halogens is 3. The van der Waals surface area contributed by atoms with Gasteiger partial charge >= 0.3 is 6.18 Å². The van der Waals surface area contributed by atoms with Gasteiger partial charge in [0, 0.05) is 31.0 Å². The number of aromatic nitrogens is 2. The van der Waals surface area contributed by atoms with Gasteiger partial charge < -0.3 is 9.64 Å².